The van der Waals surface area contributed by atoms with Gasteiger partial charge in [-0.3, -0.25) is 0 Å². The molecule has 148 valence electrons. The monoisotopic (exact) mass is 506 g/mol. The Morgan fingerprint density at radius 2 is 1.07 bits per heavy atom. The fourth-order valence-corrected chi connectivity index (χ4v) is 2.56. The molecule has 0 saturated heterocycles. The van der Waals surface area contributed by atoms with E-state index in [0.717, 1.165) is 11.1 Å². The second-order valence-electron chi connectivity index (χ2n) is 5.79. The molecule has 2 aromatic carbocycles. The van der Waals surface area contributed by atoms with E-state index in [1.54, 1.807) is 0 Å². The molecule has 1 heterocycles. The molecule has 9 heteroatoms. The van der Waals surface area contributed by atoms with Gasteiger partial charge in [0, 0.05) is 23.3 Å². The minimum absolute atomic E-state index is 0.00301. The van der Waals surface area contributed by atoms with Crippen molar-refractivity contribution in [3.05, 3.63) is 102 Å². The van der Waals surface area contributed by atoms with Crippen molar-refractivity contribution in [1.82, 2.24) is 0 Å². The first-order valence-corrected chi connectivity index (χ1v) is 13.7. The third-order valence-corrected chi connectivity index (χ3v) is 3.51. The summed E-state index contributed by atoms with van der Waals surface area (Å²) in [5.41, 5.74) is 2.98. The van der Waals surface area contributed by atoms with E-state index in [1.165, 1.54) is 0 Å². The average molecular weight is 507 g/mol. The number of rotatable bonds is 3. The Labute approximate surface area is 160 Å². The number of hydrogen-bond acceptors (Lipinski definition) is 1. The molecule has 0 fully saturated rings. The fourth-order valence-electron chi connectivity index (χ4n) is 2.56. The molecule has 0 spiro atoms. The maximum absolute atomic E-state index is 11.2. The van der Waals surface area contributed by atoms with Crippen LogP contribution in [0.3, 0.4) is 0 Å². The van der Waals surface area contributed by atoms with Crippen LogP contribution in [0.2, 0.25) is 0 Å². The van der Waals surface area contributed by atoms with Gasteiger partial charge in [-0.05, 0) is 6.07 Å². The Kier molecular flexibility index (Phi) is 5.82. The summed E-state index contributed by atoms with van der Waals surface area (Å²) >= 11 is -11.2. The van der Waals surface area contributed by atoms with Crippen LogP contribution in [0.25, 0.3) is 0 Å². The molecule has 0 amide bonds. The molecule has 0 bridgehead atoms. The summed E-state index contributed by atoms with van der Waals surface area (Å²) < 4.78 is 61.6. The molecular weight excluding hydrogens is 492 g/mol. The van der Waals surface area contributed by atoms with Gasteiger partial charge in [-0.2, -0.15) is 9.83 Å². The van der Waals surface area contributed by atoms with Gasteiger partial charge in [0.15, 0.2) is 12.3 Å². The van der Waals surface area contributed by atoms with E-state index in [4.69, 9.17) is 0 Å². The Balaban J connectivity index is 0.000000345. The van der Waals surface area contributed by atoms with Crippen LogP contribution in [0.4, 0.5) is 16.9 Å². The van der Waals surface area contributed by atoms with Crippen molar-refractivity contribution >= 4 is 19.5 Å². The molecule has 1 aromatic heterocycles. The molecule has 0 unspecified atom stereocenters. The minimum atomic E-state index is -11.2. The Hall–Kier alpha value is -2.52. The van der Waals surface area contributed by atoms with Crippen molar-refractivity contribution in [3.8, 4) is 6.07 Å². The normalized spacial score (nSPS) is 13.5. The standard InChI is InChI=1S/C19H15N2.6FH.Sb/c20-15-18-13-7-8-14-21(18)19(16-9-3-1-4-10-16)17-11-5-2-6-12-17;;;;;;;/h1-14,19H;6*1H;/q+1;;;;;;;+5/p-6. The van der Waals surface area contributed by atoms with Gasteiger partial charge in [-0.1, -0.05) is 60.7 Å². The molecule has 28 heavy (non-hydrogen) atoms. The molecule has 3 rings (SSSR count). The van der Waals surface area contributed by atoms with Crippen LogP contribution in [0, 0.1) is 11.3 Å². The van der Waals surface area contributed by atoms with E-state index in [9.17, 15) is 22.1 Å². The molecule has 0 aliphatic carbocycles. The maximum atomic E-state index is 9.93. The number of aromatic nitrogens is 1. The van der Waals surface area contributed by atoms with E-state index in [1.807, 2.05) is 65.4 Å². The Morgan fingerprint density at radius 3 is 1.46 bits per heavy atom. The molecular formula is C19H15F6N2Sb. The second-order valence-corrected chi connectivity index (χ2v) is 11.3. The zero-order valence-electron chi connectivity index (χ0n) is 14.3. The van der Waals surface area contributed by atoms with Gasteiger partial charge in [0.2, 0.25) is 6.04 Å². The summed E-state index contributed by atoms with van der Waals surface area (Å²) in [6, 6.07) is 28.5. The van der Waals surface area contributed by atoms with Crippen LogP contribution >= 0.6 is 0 Å². The van der Waals surface area contributed by atoms with Crippen LogP contribution in [0.5, 0.6) is 0 Å². The number of nitrogens with zero attached hydrogens (tertiary/aromatic N) is 2. The number of nitriles is 1. The SMILES string of the molecule is N#Cc1cccc[n+]1C(c1ccccc1)c1ccccc1.[F][Sb-]([F])([F])([F])([F])[F]. The van der Waals surface area contributed by atoms with Gasteiger partial charge >= 0.3 is 36.4 Å². The van der Waals surface area contributed by atoms with Gasteiger partial charge in [0.05, 0.1) is 0 Å². The number of pyridine rings is 1. The van der Waals surface area contributed by atoms with Crippen LogP contribution in [-0.2, 0) is 0 Å². The number of hydrogen-bond donors (Lipinski definition) is 0. The molecule has 3 aromatic rings. The topological polar surface area (TPSA) is 27.7 Å². The first kappa shape index (κ1) is 21.8. The third kappa shape index (κ3) is 8.01. The van der Waals surface area contributed by atoms with Crippen molar-refractivity contribution in [1.29, 1.82) is 5.26 Å². The van der Waals surface area contributed by atoms with Crippen molar-refractivity contribution in [3.63, 3.8) is 0 Å². The van der Waals surface area contributed by atoms with Gasteiger partial charge in [-0.15, -0.1) is 0 Å². The van der Waals surface area contributed by atoms with E-state index in [0.29, 0.717) is 5.69 Å². The second kappa shape index (κ2) is 7.48. The fraction of sp³-hybridized carbons (Fsp3) is 0.0526. The summed E-state index contributed by atoms with van der Waals surface area (Å²) in [5.74, 6) is 0. The number of benzene rings is 2. The quantitative estimate of drug-likeness (QED) is 0.257. The van der Waals surface area contributed by atoms with Crippen molar-refractivity contribution in [2.24, 2.45) is 0 Å². The molecule has 0 atom stereocenters. The van der Waals surface area contributed by atoms with Gasteiger partial charge in [0.25, 0.3) is 5.69 Å². The van der Waals surface area contributed by atoms with Gasteiger partial charge < -0.3 is 0 Å². The van der Waals surface area contributed by atoms with Gasteiger partial charge in [0.1, 0.15) is 0 Å². The van der Waals surface area contributed by atoms with Crippen molar-refractivity contribution < 1.29 is 21.4 Å². The van der Waals surface area contributed by atoms with Crippen LogP contribution < -0.4 is 4.57 Å². The van der Waals surface area contributed by atoms with E-state index < -0.39 is 19.5 Å². The first-order chi connectivity index (χ1) is 12.8. The van der Waals surface area contributed by atoms with Crippen LogP contribution in [-0.4, -0.2) is 19.5 Å². The van der Waals surface area contributed by atoms with E-state index in [-0.39, 0.29) is 6.04 Å². The first-order valence-electron chi connectivity index (χ1n) is 7.92. The molecule has 0 N–H and O–H groups in total. The molecule has 0 saturated carbocycles. The van der Waals surface area contributed by atoms with Crippen LogP contribution in [0.15, 0.2) is 85.1 Å². The predicted molar refractivity (Wildman–Crippen MR) is 93.9 cm³/mol. The summed E-state index contributed by atoms with van der Waals surface area (Å²) in [7, 11) is 0. The summed E-state index contributed by atoms with van der Waals surface area (Å²) in [6.45, 7) is 0. The molecule has 0 radical (unpaired) electrons. The Bertz CT molecular complexity index is 918. The van der Waals surface area contributed by atoms with E-state index in [2.05, 4.69) is 30.3 Å². The summed E-state index contributed by atoms with van der Waals surface area (Å²) in [4.78, 5) is 0. The zero-order valence-corrected chi connectivity index (χ0v) is 16.8. The Morgan fingerprint density at radius 1 is 0.679 bits per heavy atom. The molecule has 2 nitrogen and oxygen atoms in total. The molecule has 0 aliphatic heterocycles. The molecule has 0 aliphatic rings. The summed E-state index contributed by atoms with van der Waals surface area (Å²) in [6.07, 6.45) is 1.96. The van der Waals surface area contributed by atoms with Crippen molar-refractivity contribution in [2.45, 2.75) is 6.04 Å². The zero-order chi connectivity index (χ0) is 20.9. The van der Waals surface area contributed by atoms with E-state index >= 15 is 0 Å². The third-order valence-electron chi connectivity index (χ3n) is 3.51. The predicted octanol–water partition coefficient (Wildman–Crippen LogP) is 5.62. The number of halogens is 6. The van der Waals surface area contributed by atoms with Crippen LogP contribution in [0.1, 0.15) is 22.9 Å². The summed E-state index contributed by atoms with van der Waals surface area (Å²) in [5, 5.41) is 9.39. The van der Waals surface area contributed by atoms with Crippen molar-refractivity contribution in [2.75, 3.05) is 0 Å². The average Bonchev–Trinajstić information content (AvgIpc) is 2.62. The van der Waals surface area contributed by atoms with Gasteiger partial charge in [-0.25, -0.2) is 0 Å².